The van der Waals surface area contributed by atoms with Crippen LogP contribution in [-0.4, -0.2) is 89.9 Å². The topological polar surface area (TPSA) is 79.6 Å². The summed E-state index contributed by atoms with van der Waals surface area (Å²) in [6.07, 6.45) is 5.50. The number of aryl methyl sites for hydroxylation is 1. The second-order valence-corrected chi connectivity index (χ2v) is 10.1. The van der Waals surface area contributed by atoms with E-state index in [1.807, 2.05) is 54.2 Å². The maximum atomic E-state index is 13.8. The van der Waals surface area contributed by atoms with Crippen LogP contribution in [0.5, 0.6) is 5.75 Å². The maximum Gasteiger partial charge on any atom is 0.262 e. The van der Waals surface area contributed by atoms with E-state index in [9.17, 15) is 9.59 Å². The van der Waals surface area contributed by atoms with Crippen molar-refractivity contribution in [3.8, 4) is 5.75 Å². The lowest BCUT2D eigenvalue weighted by atomic mass is 9.84. The molecule has 5 rings (SSSR count). The lowest BCUT2D eigenvalue weighted by Gasteiger charge is -2.34. The normalized spacial score (nSPS) is 20.4. The number of hydrogen-bond acceptors (Lipinski definition) is 6. The van der Waals surface area contributed by atoms with E-state index in [1.165, 1.54) is 0 Å². The summed E-state index contributed by atoms with van der Waals surface area (Å²) in [6.45, 7) is 4.46. The van der Waals surface area contributed by atoms with Gasteiger partial charge in [-0.15, -0.1) is 0 Å². The van der Waals surface area contributed by atoms with Gasteiger partial charge in [0.25, 0.3) is 5.91 Å². The number of nitrogens with zero attached hydrogens (tertiary/aromatic N) is 5. The molecule has 3 aliphatic rings. The first-order valence-corrected chi connectivity index (χ1v) is 13.3. The highest BCUT2D eigenvalue weighted by Gasteiger charge is 2.37. The molecule has 0 spiro atoms. The molecule has 2 aliphatic heterocycles. The zero-order valence-electron chi connectivity index (χ0n) is 21.8. The largest absolute Gasteiger partial charge is 0.497 e. The minimum absolute atomic E-state index is 0.0379. The Morgan fingerprint density at radius 2 is 1.89 bits per heavy atom. The average Bonchev–Trinajstić information content (AvgIpc) is 3.52. The highest BCUT2D eigenvalue weighted by Crippen LogP contribution is 2.34. The molecule has 2 amide bonds. The molecule has 1 saturated carbocycles. The summed E-state index contributed by atoms with van der Waals surface area (Å²) in [4.78, 5) is 31.2. The molecule has 9 heteroatoms. The number of hydrogen-bond donors (Lipinski definition) is 0. The second kappa shape index (κ2) is 11.5. The smallest absolute Gasteiger partial charge is 0.262 e. The molecular weight excluding hydrogens is 470 g/mol. The Hall–Kier alpha value is -3.17. The summed E-state index contributed by atoms with van der Waals surface area (Å²) in [7, 11) is 3.62. The lowest BCUT2D eigenvalue weighted by molar-refractivity contribution is -0.145. The third-order valence-electron chi connectivity index (χ3n) is 7.79. The first-order valence-electron chi connectivity index (χ1n) is 13.3. The Kier molecular flexibility index (Phi) is 7.90. The van der Waals surface area contributed by atoms with Crippen LogP contribution in [0, 0.1) is 5.92 Å². The third-order valence-corrected chi connectivity index (χ3v) is 7.79. The average molecular weight is 508 g/mol. The van der Waals surface area contributed by atoms with Gasteiger partial charge in [0, 0.05) is 51.8 Å². The second-order valence-electron chi connectivity index (χ2n) is 10.1. The van der Waals surface area contributed by atoms with E-state index in [1.54, 1.807) is 17.0 Å². The number of ether oxygens (including phenoxy) is 2. The molecule has 1 aromatic carbocycles. The monoisotopic (exact) mass is 507 g/mol. The summed E-state index contributed by atoms with van der Waals surface area (Å²) >= 11 is 0. The lowest BCUT2D eigenvalue weighted by Crippen LogP contribution is -2.49. The Morgan fingerprint density at radius 1 is 1.14 bits per heavy atom. The number of hydrazone groups is 1. The van der Waals surface area contributed by atoms with Crippen molar-refractivity contribution in [1.82, 2.24) is 19.4 Å². The maximum absolute atomic E-state index is 13.8. The quantitative estimate of drug-likeness (QED) is 0.522. The molecule has 198 valence electrons. The van der Waals surface area contributed by atoms with Gasteiger partial charge in [-0.2, -0.15) is 5.10 Å². The van der Waals surface area contributed by atoms with Crippen molar-refractivity contribution in [2.24, 2.45) is 18.1 Å². The van der Waals surface area contributed by atoms with Crippen molar-refractivity contribution in [1.29, 1.82) is 0 Å². The van der Waals surface area contributed by atoms with E-state index in [4.69, 9.17) is 14.6 Å². The molecule has 1 atom stereocenters. The van der Waals surface area contributed by atoms with Crippen molar-refractivity contribution in [2.75, 3.05) is 53.0 Å². The number of benzene rings is 1. The van der Waals surface area contributed by atoms with Gasteiger partial charge in [-0.1, -0.05) is 18.6 Å². The number of methoxy groups -OCH3 is 1. The predicted molar refractivity (Wildman–Crippen MR) is 140 cm³/mol. The molecule has 37 heavy (non-hydrogen) atoms. The minimum atomic E-state index is -0.233. The zero-order chi connectivity index (χ0) is 25.8. The van der Waals surface area contributed by atoms with Crippen LogP contribution in [0.3, 0.4) is 0 Å². The van der Waals surface area contributed by atoms with Gasteiger partial charge in [-0.25, -0.2) is 5.01 Å². The number of amides is 2. The molecule has 0 radical (unpaired) electrons. The molecule has 0 N–H and O–H groups in total. The van der Waals surface area contributed by atoms with Gasteiger partial charge in [0.15, 0.2) is 0 Å². The van der Waals surface area contributed by atoms with Crippen molar-refractivity contribution in [3.63, 3.8) is 0 Å². The fraction of sp³-hybridized carbons (Fsp3) is 0.536. The standard InChI is InChI=1S/C28H37N5O4/c1-30-12-4-7-25(30)24-19-26(21-8-10-23(36-2)11-9-21)33(29-24)27(34)20-32(28(35)22-5-3-6-22)14-13-31-15-17-37-18-16-31/h4,7-12,22,26H,3,5-6,13-20H2,1-2H3. The molecule has 9 nitrogen and oxygen atoms in total. The number of aromatic nitrogens is 1. The molecule has 1 saturated heterocycles. The third kappa shape index (κ3) is 5.72. The Balaban J connectivity index is 1.36. The number of morpholine rings is 1. The van der Waals surface area contributed by atoms with Crippen LogP contribution >= 0.6 is 0 Å². The van der Waals surface area contributed by atoms with Crippen LogP contribution in [-0.2, 0) is 21.4 Å². The highest BCUT2D eigenvalue weighted by molar-refractivity contribution is 6.02. The van der Waals surface area contributed by atoms with Gasteiger partial charge in [0.2, 0.25) is 5.91 Å². The Labute approximate surface area is 218 Å². The molecule has 1 unspecified atom stereocenters. The summed E-state index contributed by atoms with van der Waals surface area (Å²) in [5.74, 6) is 0.749. The van der Waals surface area contributed by atoms with Gasteiger partial charge in [0.1, 0.15) is 12.3 Å². The summed E-state index contributed by atoms with van der Waals surface area (Å²) in [5.41, 5.74) is 2.85. The van der Waals surface area contributed by atoms with Gasteiger partial charge < -0.3 is 18.9 Å². The molecule has 0 bridgehead atoms. The van der Waals surface area contributed by atoms with E-state index < -0.39 is 0 Å². The van der Waals surface area contributed by atoms with Crippen LogP contribution in [0.25, 0.3) is 0 Å². The SMILES string of the molecule is COc1ccc(C2CC(c3cccn3C)=NN2C(=O)CN(CCN2CCOCC2)C(=O)C2CCC2)cc1. The molecule has 3 heterocycles. The number of carbonyl (C=O) groups excluding carboxylic acids is 2. The summed E-state index contributed by atoms with van der Waals surface area (Å²) in [6, 6.07) is 11.6. The molecular formula is C28H37N5O4. The number of rotatable bonds is 9. The van der Waals surface area contributed by atoms with Crippen molar-refractivity contribution in [3.05, 3.63) is 53.9 Å². The number of carbonyl (C=O) groups is 2. The molecule has 1 aliphatic carbocycles. The van der Waals surface area contributed by atoms with Gasteiger partial charge in [-0.05, 0) is 42.7 Å². The fourth-order valence-corrected chi connectivity index (χ4v) is 5.24. The zero-order valence-corrected chi connectivity index (χ0v) is 21.8. The van der Waals surface area contributed by atoms with E-state index in [0.717, 1.165) is 61.6 Å². The molecule has 2 fully saturated rings. The van der Waals surface area contributed by atoms with Crippen LogP contribution in [0.15, 0.2) is 47.7 Å². The van der Waals surface area contributed by atoms with E-state index in [0.29, 0.717) is 26.2 Å². The minimum Gasteiger partial charge on any atom is -0.497 e. The van der Waals surface area contributed by atoms with E-state index >= 15 is 0 Å². The first-order chi connectivity index (χ1) is 18.0. The molecule has 1 aromatic heterocycles. The van der Waals surface area contributed by atoms with Crippen LogP contribution in [0.2, 0.25) is 0 Å². The Bertz CT molecular complexity index is 1120. The first kappa shape index (κ1) is 25.5. The van der Waals surface area contributed by atoms with Crippen molar-refractivity contribution < 1.29 is 19.1 Å². The fourth-order valence-electron chi connectivity index (χ4n) is 5.24. The molecule has 2 aromatic rings. The van der Waals surface area contributed by atoms with Gasteiger partial charge in [0.05, 0.1) is 37.8 Å². The Morgan fingerprint density at radius 3 is 2.51 bits per heavy atom. The van der Waals surface area contributed by atoms with E-state index in [-0.39, 0.29) is 30.3 Å². The van der Waals surface area contributed by atoms with Crippen LogP contribution in [0.1, 0.15) is 43.0 Å². The predicted octanol–water partition coefficient (Wildman–Crippen LogP) is 2.67. The van der Waals surface area contributed by atoms with Crippen LogP contribution < -0.4 is 4.74 Å². The van der Waals surface area contributed by atoms with Crippen molar-refractivity contribution in [2.45, 2.75) is 31.7 Å². The summed E-state index contributed by atoms with van der Waals surface area (Å²) in [5, 5.41) is 6.41. The van der Waals surface area contributed by atoms with Crippen LogP contribution in [0.4, 0.5) is 0 Å². The van der Waals surface area contributed by atoms with E-state index in [2.05, 4.69) is 4.90 Å². The highest BCUT2D eigenvalue weighted by atomic mass is 16.5. The van der Waals surface area contributed by atoms with Gasteiger partial charge in [-0.3, -0.25) is 14.5 Å². The van der Waals surface area contributed by atoms with Gasteiger partial charge >= 0.3 is 0 Å². The summed E-state index contributed by atoms with van der Waals surface area (Å²) < 4.78 is 12.8. The van der Waals surface area contributed by atoms with Crippen molar-refractivity contribution >= 4 is 17.5 Å².